The Morgan fingerprint density at radius 1 is 1.33 bits per heavy atom. The summed E-state index contributed by atoms with van der Waals surface area (Å²) in [4.78, 5) is 11.7. The van der Waals surface area contributed by atoms with Crippen LogP contribution in [0.5, 0.6) is 0 Å². The molecule has 0 aliphatic rings. The van der Waals surface area contributed by atoms with Gasteiger partial charge in [-0.2, -0.15) is 0 Å². The second-order valence-electron chi connectivity index (χ2n) is 3.84. The van der Waals surface area contributed by atoms with Gasteiger partial charge in [0, 0.05) is 12.3 Å². The first kappa shape index (κ1) is 14.8. The summed E-state index contributed by atoms with van der Waals surface area (Å²) in [5.41, 5.74) is 6.34. The number of hydrogen-bond donors (Lipinski definition) is 1. The number of ether oxygens (including phenoxy) is 2. The van der Waals surface area contributed by atoms with E-state index < -0.39 is 5.97 Å². The summed E-state index contributed by atoms with van der Waals surface area (Å²) < 4.78 is 10.3. The van der Waals surface area contributed by atoms with Crippen molar-refractivity contribution in [1.82, 2.24) is 0 Å². The summed E-state index contributed by atoms with van der Waals surface area (Å²) in [6.07, 6.45) is 2.09. The number of unbranched alkanes of at least 4 members (excludes halogenated alkanes) is 1. The van der Waals surface area contributed by atoms with Crippen LogP contribution in [0.1, 0.15) is 30.1 Å². The van der Waals surface area contributed by atoms with Gasteiger partial charge in [0.25, 0.3) is 0 Å². The van der Waals surface area contributed by atoms with Crippen molar-refractivity contribution in [2.24, 2.45) is 0 Å². The lowest BCUT2D eigenvalue weighted by atomic mass is 10.2. The third-order valence-corrected chi connectivity index (χ3v) is 2.64. The van der Waals surface area contributed by atoms with Crippen LogP contribution in [0.25, 0.3) is 0 Å². The molecule has 4 nitrogen and oxygen atoms in total. The molecule has 0 unspecified atom stereocenters. The van der Waals surface area contributed by atoms with E-state index in [0.717, 1.165) is 12.8 Å². The van der Waals surface area contributed by atoms with E-state index >= 15 is 0 Å². The monoisotopic (exact) mass is 271 g/mol. The van der Waals surface area contributed by atoms with Crippen LogP contribution in [0.3, 0.4) is 0 Å². The molecule has 1 rings (SSSR count). The normalized spacial score (nSPS) is 10.3. The van der Waals surface area contributed by atoms with Crippen molar-refractivity contribution in [2.75, 3.05) is 25.6 Å². The number of esters is 1. The Labute approximate surface area is 112 Å². The molecule has 0 radical (unpaired) electrons. The predicted molar refractivity (Wildman–Crippen MR) is 71.9 cm³/mol. The Bertz CT molecular complexity index is 396. The number of carbonyl (C=O) groups excluding carboxylic acids is 1. The molecule has 0 aliphatic heterocycles. The molecule has 1 aromatic rings. The minimum Gasteiger partial charge on any atom is -0.460 e. The lowest BCUT2D eigenvalue weighted by Gasteiger charge is -2.07. The summed E-state index contributed by atoms with van der Waals surface area (Å²) in [7, 11) is 0. The molecule has 1 aromatic carbocycles. The van der Waals surface area contributed by atoms with Crippen LogP contribution in [0, 0.1) is 0 Å². The van der Waals surface area contributed by atoms with E-state index in [9.17, 15) is 4.79 Å². The van der Waals surface area contributed by atoms with Crippen molar-refractivity contribution in [3.63, 3.8) is 0 Å². The molecule has 5 heteroatoms. The van der Waals surface area contributed by atoms with Gasteiger partial charge in [0.05, 0.1) is 17.2 Å². The van der Waals surface area contributed by atoms with E-state index in [1.165, 1.54) is 6.07 Å². The predicted octanol–water partition coefficient (Wildman–Crippen LogP) is 2.90. The van der Waals surface area contributed by atoms with Crippen LogP contribution in [0.4, 0.5) is 5.69 Å². The zero-order valence-corrected chi connectivity index (χ0v) is 11.2. The van der Waals surface area contributed by atoms with Crippen molar-refractivity contribution in [3.8, 4) is 0 Å². The lowest BCUT2D eigenvalue weighted by molar-refractivity contribution is 0.0314. The van der Waals surface area contributed by atoms with Gasteiger partial charge >= 0.3 is 5.97 Å². The Hall–Kier alpha value is -1.26. The maximum atomic E-state index is 11.7. The van der Waals surface area contributed by atoms with E-state index in [1.807, 2.05) is 0 Å². The molecule has 0 aliphatic carbocycles. The Morgan fingerprint density at radius 3 is 2.83 bits per heavy atom. The number of anilines is 1. The Morgan fingerprint density at radius 2 is 2.11 bits per heavy atom. The van der Waals surface area contributed by atoms with Gasteiger partial charge in [0.15, 0.2) is 0 Å². The molecule has 0 bridgehead atoms. The molecule has 18 heavy (non-hydrogen) atoms. The molecule has 0 heterocycles. The Kier molecular flexibility index (Phi) is 6.54. The smallest absolute Gasteiger partial charge is 0.339 e. The van der Waals surface area contributed by atoms with E-state index in [1.54, 1.807) is 12.1 Å². The SMILES string of the molecule is CCCCOCCOC(=O)c1cc(N)ccc1Cl. The van der Waals surface area contributed by atoms with Crippen LogP contribution in [-0.4, -0.2) is 25.8 Å². The van der Waals surface area contributed by atoms with Crippen molar-refractivity contribution in [3.05, 3.63) is 28.8 Å². The second kappa shape index (κ2) is 7.95. The highest BCUT2D eigenvalue weighted by Crippen LogP contribution is 2.19. The third-order valence-electron chi connectivity index (χ3n) is 2.31. The van der Waals surface area contributed by atoms with Gasteiger partial charge in [0.1, 0.15) is 6.61 Å². The van der Waals surface area contributed by atoms with Gasteiger partial charge in [-0.15, -0.1) is 0 Å². The summed E-state index contributed by atoms with van der Waals surface area (Å²) in [6, 6.07) is 4.71. The number of halogens is 1. The van der Waals surface area contributed by atoms with Gasteiger partial charge in [-0.1, -0.05) is 24.9 Å². The minimum absolute atomic E-state index is 0.216. The molecular weight excluding hydrogens is 254 g/mol. The van der Waals surface area contributed by atoms with Crippen molar-refractivity contribution in [2.45, 2.75) is 19.8 Å². The average Bonchev–Trinajstić information content (AvgIpc) is 2.36. The van der Waals surface area contributed by atoms with E-state index in [2.05, 4.69) is 6.92 Å². The summed E-state index contributed by atoms with van der Waals surface area (Å²) in [6.45, 7) is 3.39. The molecule has 0 aromatic heterocycles. The second-order valence-corrected chi connectivity index (χ2v) is 4.25. The van der Waals surface area contributed by atoms with Gasteiger partial charge in [-0.05, 0) is 24.6 Å². The highest BCUT2D eigenvalue weighted by molar-refractivity contribution is 6.33. The number of carbonyl (C=O) groups is 1. The number of nitrogens with two attached hydrogens (primary N) is 1. The highest BCUT2D eigenvalue weighted by atomic mass is 35.5. The van der Waals surface area contributed by atoms with Crippen LogP contribution in [0.15, 0.2) is 18.2 Å². The third kappa shape index (κ3) is 4.94. The summed E-state index contributed by atoms with van der Waals surface area (Å²) in [5, 5.41) is 0.334. The van der Waals surface area contributed by atoms with Crippen molar-refractivity contribution < 1.29 is 14.3 Å². The van der Waals surface area contributed by atoms with E-state index in [-0.39, 0.29) is 12.2 Å². The van der Waals surface area contributed by atoms with Crippen molar-refractivity contribution >= 4 is 23.3 Å². The van der Waals surface area contributed by atoms with Gasteiger partial charge in [-0.25, -0.2) is 4.79 Å². The first-order valence-corrected chi connectivity index (χ1v) is 6.33. The number of nitrogen functional groups attached to an aromatic ring is 1. The fourth-order valence-electron chi connectivity index (χ4n) is 1.32. The molecule has 0 saturated heterocycles. The molecule has 0 spiro atoms. The summed E-state index contributed by atoms with van der Waals surface area (Å²) >= 11 is 5.88. The van der Waals surface area contributed by atoms with E-state index in [0.29, 0.717) is 23.9 Å². The fraction of sp³-hybridized carbons (Fsp3) is 0.462. The molecule has 100 valence electrons. The van der Waals surface area contributed by atoms with E-state index in [4.69, 9.17) is 26.8 Å². The average molecular weight is 272 g/mol. The zero-order chi connectivity index (χ0) is 13.4. The van der Waals surface area contributed by atoms with Crippen molar-refractivity contribution in [1.29, 1.82) is 0 Å². The maximum absolute atomic E-state index is 11.7. The van der Waals surface area contributed by atoms with Crippen LogP contribution in [0.2, 0.25) is 5.02 Å². The molecule has 0 fully saturated rings. The number of benzene rings is 1. The van der Waals surface area contributed by atoms with Gasteiger partial charge in [-0.3, -0.25) is 0 Å². The standard InChI is InChI=1S/C13H18ClNO3/c1-2-3-6-17-7-8-18-13(16)11-9-10(15)4-5-12(11)14/h4-5,9H,2-3,6-8,15H2,1H3. The molecule has 0 amide bonds. The lowest BCUT2D eigenvalue weighted by Crippen LogP contribution is -2.12. The van der Waals surface area contributed by atoms with Gasteiger partial charge in [0.2, 0.25) is 0 Å². The summed E-state index contributed by atoms with van der Waals surface area (Å²) in [5.74, 6) is -0.480. The van der Waals surface area contributed by atoms with Crippen LogP contribution < -0.4 is 5.73 Å². The number of hydrogen-bond acceptors (Lipinski definition) is 4. The zero-order valence-electron chi connectivity index (χ0n) is 10.4. The molecule has 0 saturated carbocycles. The van der Waals surface area contributed by atoms with Crippen LogP contribution >= 0.6 is 11.6 Å². The fourth-order valence-corrected chi connectivity index (χ4v) is 1.51. The highest BCUT2D eigenvalue weighted by Gasteiger charge is 2.11. The van der Waals surface area contributed by atoms with Crippen LogP contribution in [-0.2, 0) is 9.47 Å². The number of rotatable bonds is 7. The molecule has 0 atom stereocenters. The quantitative estimate of drug-likeness (QED) is 0.471. The molecular formula is C13H18ClNO3. The first-order valence-electron chi connectivity index (χ1n) is 5.95. The maximum Gasteiger partial charge on any atom is 0.339 e. The Balaban J connectivity index is 2.34. The minimum atomic E-state index is -0.480. The van der Waals surface area contributed by atoms with Gasteiger partial charge < -0.3 is 15.2 Å². The topological polar surface area (TPSA) is 61.5 Å². The molecule has 2 N–H and O–H groups in total. The largest absolute Gasteiger partial charge is 0.460 e. The first-order chi connectivity index (χ1) is 8.65.